The van der Waals surface area contributed by atoms with Crippen LogP contribution < -0.4 is 0 Å². The van der Waals surface area contributed by atoms with Gasteiger partial charge in [0.1, 0.15) is 12.2 Å². The number of rotatable bonds is 5. The maximum Gasteiger partial charge on any atom is 0.138 e. The molecule has 0 saturated heterocycles. The van der Waals surface area contributed by atoms with Crippen LogP contribution in [0.4, 0.5) is 0 Å². The summed E-state index contributed by atoms with van der Waals surface area (Å²) in [5.74, 6) is 0.760. The molecule has 108 valence electrons. The van der Waals surface area contributed by atoms with E-state index in [4.69, 9.17) is 11.6 Å². The molecule has 4 nitrogen and oxygen atoms in total. The summed E-state index contributed by atoms with van der Waals surface area (Å²) in [7, 11) is 0. The van der Waals surface area contributed by atoms with Crippen LogP contribution in [0, 0.1) is 0 Å². The molecule has 0 aliphatic carbocycles. The molecule has 0 bridgehead atoms. The molecule has 1 aromatic heterocycles. The van der Waals surface area contributed by atoms with Gasteiger partial charge in [-0.15, -0.1) is 0 Å². The van der Waals surface area contributed by atoms with Gasteiger partial charge in [-0.1, -0.05) is 40.5 Å². The maximum atomic E-state index is 10.7. The first-order valence-electron chi connectivity index (χ1n) is 6.48. The van der Waals surface area contributed by atoms with E-state index in [-0.39, 0.29) is 0 Å². The standard InChI is InChI=1S/C14H17BrClN3O/c1-3-6-19-13(17-9-18-19)8-14(2,20)11-5-4-10(15)7-12(11)16/h4-5,7,9,20H,3,6,8H2,1-2H3. The van der Waals surface area contributed by atoms with E-state index in [0.29, 0.717) is 17.0 Å². The zero-order valence-corrected chi connectivity index (χ0v) is 13.8. The van der Waals surface area contributed by atoms with E-state index in [1.165, 1.54) is 6.33 Å². The molecule has 0 radical (unpaired) electrons. The van der Waals surface area contributed by atoms with Crippen molar-refractivity contribution in [3.8, 4) is 0 Å². The van der Waals surface area contributed by atoms with Crippen molar-refractivity contribution in [2.75, 3.05) is 0 Å². The Morgan fingerprint density at radius 1 is 1.45 bits per heavy atom. The van der Waals surface area contributed by atoms with Gasteiger partial charge in [0.2, 0.25) is 0 Å². The predicted molar refractivity (Wildman–Crippen MR) is 82.7 cm³/mol. The van der Waals surface area contributed by atoms with E-state index in [1.54, 1.807) is 13.0 Å². The van der Waals surface area contributed by atoms with Gasteiger partial charge < -0.3 is 5.11 Å². The third-order valence-electron chi connectivity index (χ3n) is 3.14. The maximum absolute atomic E-state index is 10.7. The Morgan fingerprint density at radius 2 is 2.20 bits per heavy atom. The number of hydrogen-bond acceptors (Lipinski definition) is 3. The van der Waals surface area contributed by atoms with Gasteiger partial charge >= 0.3 is 0 Å². The summed E-state index contributed by atoms with van der Waals surface area (Å²) in [6.07, 6.45) is 2.86. The topological polar surface area (TPSA) is 50.9 Å². The SMILES string of the molecule is CCCn1ncnc1CC(C)(O)c1ccc(Br)cc1Cl. The Bertz CT molecular complexity index is 598. The first kappa shape index (κ1) is 15.5. The molecular weight excluding hydrogens is 342 g/mol. The Morgan fingerprint density at radius 3 is 2.85 bits per heavy atom. The van der Waals surface area contributed by atoms with Crippen LogP contribution in [0.3, 0.4) is 0 Å². The lowest BCUT2D eigenvalue weighted by molar-refractivity contribution is 0.0543. The first-order chi connectivity index (χ1) is 9.44. The van der Waals surface area contributed by atoms with Gasteiger partial charge in [-0.3, -0.25) is 0 Å². The lowest BCUT2D eigenvalue weighted by Crippen LogP contribution is -2.27. The zero-order valence-electron chi connectivity index (χ0n) is 11.5. The number of aromatic nitrogens is 3. The van der Waals surface area contributed by atoms with E-state index in [1.807, 2.05) is 16.8 Å². The van der Waals surface area contributed by atoms with Crippen LogP contribution in [0.1, 0.15) is 31.7 Å². The van der Waals surface area contributed by atoms with Crippen molar-refractivity contribution in [3.05, 3.63) is 45.4 Å². The Hall–Kier alpha value is -0.910. The van der Waals surface area contributed by atoms with E-state index < -0.39 is 5.60 Å². The number of nitrogens with zero attached hydrogens (tertiary/aromatic N) is 3. The lowest BCUT2D eigenvalue weighted by atomic mass is 9.92. The Balaban J connectivity index is 2.28. The van der Waals surface area contributed by atoms with Crippen molar-refractivity contribution < 1.29 is 5.11 Å². The number of aliphatic hydroxyl groups is 1. The number of aryl methyl sites for hydroxylation is 1. The van der Waals surface area contributed by atoms with Crippen LogP contribution >= 0.6 is 27.5 Å². The lowest BCUT2D eigenvalue weighted by Gasteiger charge is -2.24. The number of hydrogen-bond donors (Lipinski definition) is 1. The molecule has 1 heterocycles. The average molecular weight is 359 g/mol. The van der Waals surface area contributed by atoms with Gasteiger partial charge in [-0.05, 0) is 25.5 Å². The monoisotopic (exact) mass is 357 g/mol. The Kier molecular flexibility index (Phi) is 4.83. The number of benzene rings is 1. The quantitative estimate of drug-likeness (QED) is 0.889. The molecule has 0 fully saturated rings. The molecule has 20 heavy (non-hydrogen) atoms. The molecule has 0 spiro atoms. The summed E-state index contributed by atoms with van der Waals surface area (Å²) in [5, 5.41) is 15.4. The molecule has 0 aliphatic rings. The van der Waals surface area contributed by atoms with Crippen molar-refractivity contribution in [1.82, 2.24) is 14.8 Å². The highest BCUT2D eigenvalue weighted by atomic mass is 79.9. The third kappa shape index (κ3) is 3.40. The minimum atomic E-state index is -1.09. The van der Waals surface area contributed by atoms with Gasteiger partial charge in [0.05, 0.1) is 5.60 Å². The van der Waals surface area contributed by atoms with Crippen molar-refractivity contribution in [1.29, 1.82) is 0 Å². The van der Waals surface area contributed by atoms with Crippen LogP contribution in [-0.4, -0.2) is 19.9 Å². The zero-order chi connectivity index (χ0) is 14.8. The second kappa shape index (κ2) is 6.24. The normalized spacial score (nSPS) is 14.2. The van der Waals surface area contributed by atoms with E-state index in [9.17, 15) is 5.11 Å². The predicted octanol–water partition coefficient (Wildman–Crippen LogP) is 3.55. The van der Waals surface area contributed by atoms with Crippen molar-refractivity contribution in [2.24, 2.45) is 0 Å². The molecule has 6 heteroatoms. The summed E-state index contributed by atoms with van der Waals surface area (Å²) < 4.78 is 2.71. The van der Waals surface area contributed by atoms with Gasteiger partial charge in [-0.2, -0.15) is 5.10 Å². The van der Waals surface area contributed by atoms with E-state index in [2.05, 4.69) is 32.9 Å². The summed E-state index contributed by atoms with van der Waals surface area (Å²) >= 11 is 9.59. The molecule has 1 aromatic carbocycles. The summed E-state index contributed by atoms with van der Waals surface area (Å²) in [6.45, 7) is 4.61. The summed E-state index contributed by atoms with van der Waals surface area (Å²) in [6, 6.07) is 5.47. The van der Waals surface area contributed by atoms with Crippen LogP contribution in [0.2, 0.25) is 5.02 Å². The Labute approximate surface area is 131 Å². The highest BCUT2D eigenvalue weighted by Gasteiger charge is 2.28. The average Bonchev–Trinajstić information content (AvgIpc) is 2.76. The second-order valence-electron chi connectivity index (χ2n) is 4.97. The van der Waals surface area contributed by atoms with Crippen LogP contribution in [0.5, 0.6) is 0 Å². The van der Waals surface area contributed by atoms with Crippen molar-refractivity contribution in [2.45, 2.75) is 38.8 Å². The van der Waals surface area contributed by atoms with Crippen LogP contribution in [-0.2, 0) is 18.6 Å². The van der Waals surface area contributed by atoms with Crippen LogP contribution in [0.15, 0.2) is 29.0 Å². The molecule has 2 aromatic rings. The molecule has 2 rings (SSSR count). The molecule has 1 atom stereocenters. The molecular formula is C14H17BrClN3O. The largest absolute Gasteiger partial charge is 0.385 e. The van der Waals surface area contributed by atoms with E-state index >= 15 is 0 Å². The smallest absolute Gasteiger partial charge is 0.138 e. The van der Waals surface area contributed by atoms with Crippen molar-refractivity contribution >= 4 is 27.5 Å². The molecule has 0 amide bonds. The third-order valence-corrected chi connectivity index (χ3v) is 3.95. The fourth-order valence-corrected chi connectivity index (χ4v) is 3.03. The summed E-state index contributed by atoms with van der Waals surface area (Å²) in [4.78, 5) is 4.23. The van der Waals surface area contributed by atoms with Gasteiger partial charge in [-0.25, -0.2) is 9.67 Å². The van der Waals surface area contributed by atoms with Gasteiger partial charge in [0, 0.05) is 28.0 Å². The minimum absolute atomic E-state index is 0.369. The van der Waals surface area contributed by atoms with Crippen LogP contribution in [0.25, 0.3) is 0 Å². The highest BCUT2D eigenvalue weighted by molar-refractivity contribution is 9.10. The summed E-state index contributed by atoms with van der Waals surface area (Å²) in [5.41, 5.74) is -0.399. The first-order valence-corrected chi connectivity index (χ1v) is 7.65. The van der Waals surface area contributed by atoms with Gasteiger partial charge in [0.25, 0.3) is 0 Å². The fourth-order valence-electron chi connectivity index (χ4n) is 2.15. The molecule has 0 aliphatic heterocycles. The second-order valence-corrected chi connectivity index (χ2v) is 6.30. The minimum Gasteiger partial charge on any atom is -0.385 e. The molecule has 1 N–H and O–H groups in total. The number of halogens is 2. The molecule has 0 saturated carbocycles. The fraction of sp³-hybridized carbons (Fsp3) is 0.429. The highest BCUT2D eigenvalue weighted by Crippen LogP contribution is 2.32. The van der Waals surface area contributed by atoms with Crippen molar-refractivity contribution in [3.63, 3.8) is 0 Å². The molecule has 1 unspecified atom stereocenters. The van der Waals surface area contributed by atoms with Gasteiger partial charge in [0.15, 0.2) is 0 Å². The van der Waals surface area contributed by atoms with E-state index in [0.717, 1.165) is 23.3 Å².